The monoisotopic (exact) mass is 278 g/mol. The highest BCUT2D eigenvalue weighted by Crippen LogP contribution is 1.94. The second kappa shape index (κ2) is 17.8. The first kappa shape index (κ1) is 21.1. The van der Waals surface area contributed by atoms with Gasteiger partial charge < -0.3 is 18.9 Å². The molecule has 0 aromatic heterocycles. The van der Waals surface area contributed by atoms with Crippen LogP contribution in [0.4, 0.5) is 0 Å². The standard InChI is InChI=1S/C8H18O2.C7H16O2/c1-4-8(3)10-7-6-9-5-2;1-4-7(2)9-6-5-8-3/h8H,4-7H2,1-3H3;7H,4-6H2,1-3H3. The maximum Gasteiger partial charge on any atom is 0.0704 e. The Balaban J connectivity index is 0. The molecule has 0 aliphatic rings. The van der Waals surface area contributed by atoms with Crippen molar-refractivity contribution in [3.63, 3.8) is 0 Å². The minimum absolute atomic E-state index is 0.375. The molecule has 0 spiro atoms. The molecule has 0 aromatic rings. The van der Waals surface area contributed by atoms with Crippen LogP contribution in [-0.2, 0) is 18.9 Å². The summed E-state index contributed by atoms with van der Waals surface area (Å²) < 4.78 is 20.6. The highest BCUT2D eigenvalue weighted by atomic mass is 16.5. The molecule has 0 heterocycles. The summed E-state index contributed by atoms with van der Waals surface area (Å²) in [4.78, 5) is 0. The van der Waals surface area contributed by atoms with Gasteiger partial charge in [-0.25, -0.2) is 0 Å². The van der Waals surface area contributed by atoms with E-state index < -0.39 is 0 Å². The van der Waals surface area contributed by atoms with Crippen LogP contribution >= 0.6 is 0 Å². The average Bonchev–Trinajstić information content (AvgIpc) is 2.44. The molecule has 0 amide bonds. The molecule has 0 radical (unpaired) electrons. The molecular weight excluding hydrogens is 244 g/mol. The fourth-order valence-corrected chi connectivity index (χ4v) is 1.02. The summed E-state index contributed by atoms with van der Waals surface area (Å²) in [6.07, 6.45) is 2.90. The number of rotatable bonds is 11. The van der Waals surface area contributed by atoms with Crippen LogP contribution < -0.4 is 0 Å². The molecule has 0 N–H and O–H groups in total. The van der Waals surface area contributed by atoms with Crippen molar-refractivity contribution in [1.29, 1.82) is 0 Å². The SMILES string of the molecule is CCC(C)OCCOC.CCOCCOC(C)CC. The first-order valence-corrected chi connectivity index (χ1v) is 7.42. The molecule has 0 bridgehead atoms. The fourth-order valence-electron chi connectivity index (χ4n) is 1.02. The third-order valence-electron chi connectivity index (χ3n) is 2.67. The lowest BCUT2D eigenvalue weighted by Crippen LogP contribution is -2.11. The molecule has 4 nitrogen and oxygen atoms in total. The van der Waals surface area contributed by atoms with Crippen molar-refractivity contribution < 1.29 is 18.9 Å². The molecule has 0 saturated heterocycles. The van der Waals surface area contributed by atoms with E-state index in [4.69, 9.17) is 18.9 Å². The Bertz CT molecular complexity index is 153. The van der Waals surface area contributed by atoms with Crippen molar-refractivity contribution in [2.24, 2.45) is 0 Å². The molecular formula is C15H34O4. The van der Waals surface area contributed by atoms with E-state index in [0.29, 0.717) is 25.4 Å². The van der Waals surface area contributed by atoms with Gasteiger partial charge in [0.2, 0.25) is 0 Å². The van der Waals surface area contributed by atoms with Gasteiger partial charge in [0.25, 0.3) is 0 Å². The van der Waals surface area contributed by atoms with E-state index in [1.54, 1.807) is 7.11 Å². The summed E-state index contributed by atoms with van der Waals surface area (Å²) in [7, 11) is 1.68. The van der Waals surface area contributed by atoms with Gasteiger partial charge in [0, 0.05) is 13.7 Å². The predicted octanol–water partition coefficient (Wildman–Crippen LogP) is 3.29. The Morgan fingerprint density at radius 1 is 0.737 bits per heavy atom. The Hall–Kier alpha value is -0.160. The third-order valence-corrected chi connectivity index (χ3v) is 2.67. The smallest absolute Gasteiger partial charge is 0.0704 e. The van der Waals surface area contributed by atoms with Gasteiger partial charge in [-0.3, -0.25) is 0 Å². The van der Waals surface area contributed by atoms with Gasteiger partial charge in [-0.2, -0.15) is 0 Å². The minimum atomic E-state index is 0.375. The highest BCUT2D eigenvalue weighted by molar-refractivity contribution is 4.43. The van der Waals surface area contributed by atoms with E-state index in [1.165, 1.54) is 0 Å². The van der Waals surface area contributed by atoms with Gasteiger partial charge in [-0.1, -0.05) is 13.8 Å². The van der Waals surface area contributed by atoms with Crippen molar-refractivity contribution in [1.82, 2.24) is 0 Å². The van der Waals surface area contributed by atoms with Crippen LogP contribution in [0.3, 0.4) is 0 Å². The molecule has 118 valence electrons. The summed E-state index contributed by atoms with van der Waals surface area (Å²) in [5.74, 6) is 0. The number of methoxy groups -OCH3 is 1. The summed E-state index contributed by atoms with van der Waals surface area (Å²) in [5, 5.41) is 0. The molecule has 2 unspecified atom stereocenters. The van der Waals surface area contributed by atoms with Crippen LogP contribution in [0.15, 0.2) is 0 Å². The normalized spacial score (nSPS) is 13.6. The first-order chi connectivity index (χ1) is 9.12. The summed E-state index contributed by atoms with van der Waals surface area (Å²) in [6.45, 7) is 14.0. The molecule has 19 heavy (non-hydrogen) atoms. The lowest BCUT2D eigenvalue weighted by molar-refractivity contribution is 0.0142. The zero-order valence-corrected chi connectivity index (χ0v) is 13.7. The third kappa shape index (κ3) is 20.3. The van der Waals surface area contributed by atoms with Crippen LogP contribution in [0.5, 0.6) is 0 Å². The van der Waals surface area contributed by atoms with Gasteiger partial charge in [0.1, 0.15) is 0 Å². The van der Waals surface area contributed by atoms with Crippen molar-refractivity contribution in [3.05, 3.63) is 0 Å². The van der Waals surface area contributed by atoms with E-state index in [1.807, 2.05) is 6.92 Å². The lowest BCUT2D eigenvalue weighted by Gasteiger charge is -2.09. The van der Waals surface area contributed by atoms with Crippen LogP contribution in [-0.4, -0.2) is 52.4 Å². The number of hydrogen-bond donors (Lipinski definition) is 0. The first-order valence-electron chi connectivity index (χ1n) is 7.42. The van der Waals surface area contributed by atoms with Crippen LogP contribution in [0.2, 0.25) is 0 Å². The second-order valence-corrected chi connectivity index (χ2v) is 4.37. The zero-order chi connectivity index (χ0) is 14.9. The lowest BCUT2D eigenvalue weighted by atomic mass is 10.3. The number of ether oxygens (including phenoxy) is 4. The largest absolute Gasteiger partial charge is 0.382 e. The molecule has 0 saturated carbocycles. The molecule has 0 aliphatic carbocycles. The van der Waals surface area contributed by atoms with E-state index in [9.17, 15) is 0 Å². The van der Waals surface area contributed by atoms with Gasteiger partial charge >= 0.3 is 0 Å². The van der Waals surface area contributed by atoms with Crippen LogP contribution in [0.1, 0.15) is 47.5 Å². The van der Waals surface area contributed by atoms with Crippen molar-refractivity contribution in [3.8, 4) is 0 Å². The van der Waals surface area contributed by atoms with E-state index in [-0.39, 0.29) is 0 Å². The summed E-state index contributed by atoms with van der Waals surface area (Å²) in [5.41, 5.74) is 0. The maximum absolute atomic E-state index is 5.37. The Kier molecular flexibility index (Phi) is 19.9. The molecule has 4 heteroatoms. The Morgan fingerprint density at radius 3 is 1.58 bits per heavy atom. The molecule has 0 aliphatic heterocycles. The summed E-state index contributed by atoms with van der Waals surface area (Å²) in [6, 6.07) is 0. The maximum atomic E-state index is 5.37. The number of hydrogen-bond acceptors (Lipinski definition) is 4. The second-order valence-electron chi connectivity index (χ2n) is 4.37. The average molecular weight is 278 g/mol. The quantitative estimate of drug-likeness (QED) is 0.543. The van der Waals surface area contributed by atoms with Crippen molar-refractivity contribution >= 4 is 0 Å². The predicted molar refractivity (Wildman–Crippen MR) is 79.8 cm³/mol. The van der Waals surface area contributed by atoms with Crippen molar-refractivity contribution in [2.45, 2.75) is 59.7 Å². The van der Waals surface area contributed by atoms with Crippen molar-refractivity contribution in [2.75, 3.05) is 40.1 Å². The molecule has 2 atom stereocenters. The van der Waals surface area contributed by atoms with Gasteiger partial charge in [0.15, 0.2) is 0 Å². The minimum Gasteiger partial charge on any atom is -0.382 e. The van der Waals surface area contributed by atoms with E-state index in [0.717, 1.165) is 32.7 Å². The van der Waals surface area contributed by atoms with Gasteiger partial charge in [-0.15, -0.1) is 0 Å². The fraction of sp³-hybridized carbons (Fsp3) is 1.00. The molecule has 0 rings (SSSR count). The highest BCUT2D eigenvalue weighted by Gasteiger charge is 1.96. The molecule has 0 fully saturated rings. The topological polar surface area (TPSA) is 36.9 Å². The van der Waals surface area contributed by atoms with Gasteiger partial charge in [0.05, 0.1) is 38.6 Å². The zero-order valence-electron chi connectivity index (χ0n) is 13.7. The molecule has 0 aromatic carbocycles. The van der Waals surface area contributed by atoms with Crippen LogP contribution in [0, 0.1) is 0 Å². The Morgan fingerprint density at radius 2 is 1.21 bits per heavy atom. The summed E-state index contributed by atoms with van der Waals surface area (Å²) >= 11 is 0. The van der Waals surface area contributed by atoms with Crippen LogP contribution in [0.25, 0.3) is 0 Å². The van der Waals surface area contributed by atoms with Gasteiger partial charge in [-0.05, 0) is 33.6 Å². The van der Waals surface area contributed by atoms with E-state index >= 15 is 0 Å². The van der Waals surface area contributed by atoms with E-state index in [2.05, 4.69) is 27.7 Å². The Labute approximate surface area is 119 Å².